The minimum absolute atomic E-state index is 0.160. The lowest BCUT2D eigenvalue weighted by atomic mass is 10.1. The average Bonchev–Trinajstić information content (AvgIpc) is 3.03. The lowest BCUT2D eigenvalue weighted by molar-refractivity contribution is -0.113. The van der Waals surface area contributed by atoms with E-state index in [1.54, 1.807) is 12.3 Å². The van der Waals surface area contributed by atoms with E-state index < -0.39 is 0 Å². The molecular formula is C17H15N3O2S. The Morgan fingerprint density at radius 3 is 2.78 bits per heavy atom. The van der Waals surface area contributed by atoms with Gasteiger partial charge in [0, 0.05) is 17.8 Å². The van der Waals surface area contributed by atoms with Crippen molar-refractivity contribution in [1.29, 1.82) is 0 Å². The normalized spacial score (nSPS) is 10.5. The predicted octanol–water partition coefficient (Wildman–Crippen LogP) is 3.78. The highest BCUT2D eigenvalue weighted by atomic mass is 32.2. The van der Waals surface area contributed by atoms with Crippen LogP contribution in [0.1, 0.15) is 5.56 Å². The summed E-state index contributed by atoms with van der Waals surface area (Å²) in [6.07, 6.45) is 1.70. The monoisotopic (exact) mass is 325 g/mol. The number of nitrogens with zero attached hydrogens (tertiary/aromatic N) is 2. The number of carbonyl (C=O) groups excluding carboxylic acids is 1. The predicted molar refractivity (Wildman–Crippen MR) is 90.3 cm³/mol. The van der Waals surface area contributed by atoms with E-state index in [9.17, 15) is 4.79 Å². The molecule has 0 saturated carbocycles. The number of thioether (sulfide) groups is 1. The summed E-state index contributed by atoms with van der Waals surface area (Å²) in [7, 11) is 0. The summed E-state index contributed by atoms with van der Waals surface area (Å²) in [5.74, 6) is 0.442. The average molecular weight is 325 g/mol. The van der Waals surface area contributed by atoms with Gasteiger partial charge in [-0.1, -0.05) is 52.8 Å². The molecule has 116 valence electrons. The molecule has 0 radical (unpaired) electrons. The summed E-state index contributed by atoms with van der Waals surface area (Å²) in [5, 5.41) is 7.48. The molecule has 3 rings (SSSR count). The molecule has 6 heteroatoms. The van der Waals surface area contributed by atoms with Crippen molar-refractivity contribution in [3.05, 3.63) is 60.3 Å². The van der Waals surface area contributed by atoms with Crippen molar-refractivity contribution in [2.75, 3.05) is 11.1 Å². The highest BCUT2D eigenvalue weighted by molar-refractivity contribution is 7.99. The van der Waals surface area contributed by atoms with E-state index in [4.69, 9.17) is 4.52 Å². The van der Waals surface area contributed by atoms with Gasteiger partial charge in [0.2, 0.25) is 11.8 Å². The van der Waals surface area contributed by atoms with Crippen LogP contribution in [0.5, 0.6) is 0 Å². The number of hydrogen-bond donors (Lipinski definition) is 1. The standard InChI is InChI=1S/C17H15N3O2S/c1-12-5-7-13(8-6-12)14-10-16(22-20-14)19-15(21)11-23-17-4-2-3-9-18-17/h2-10H,11H2,1H3,(H,19,21). The minimum atomic E-state index is -0.160. The third kappa shape index (κ3) is 4.20. The Balaban J connectivity index is 1.58. The number of hydrogen-bond acceptors (Lipinski definition) is 5. The molecule has 0 aliphatic carbocycles. The zero-order valence-electron chi connectivity index (χ0n) is 12.5. The SMILES string of the molecule is Cc1ccc(-c2cc(NC(=O)CSc3ccccn3)on2)cc1. The van der Waals surface area contributed by atoms with E-state index in [2.05, 4.69) is 15.5 Å². The molecule has 3 aromatic rings. The number of anilines is 1. The summed E-state index contributed by atoms with van der Waals surface area (Å²) in [5.41, 5.74) is 2.82. The van der Waals surface area contributed by atoms with Gasteiger partial charge < -0.3 is 4.52 Å². The van der Waals surface area contributed by atoms with Crippen LogP contribution in [0.25, 0.3) is 11.3 Å². The Hall–Kier alpha value is -2.60. The number of aryl methyl sites for hydroxylation is 1. The summed E-state index contributed by atoms with van der Waals surface area (Å²) in [6.45, 7) is 2.03. The van der Waals surface area contributed by atoms with Crippen LogP contribution in [-0.4, -0.2) is 21.8 Å². The second kappa shape index (κ2) is 7.11. The maximum Gasteiger partial charge on any atom is 0.237 e. The second-order valence-corrected chi connectivity index (χ2v) is 5.94. The van der Waals surface area contributed by atoms with Crippen LogP contribution in [0.2, 0.25) is 0 Å². The Kier molecular flexibility index (Phi) is 4.73. The number of nitrogens with one attached hydrogen (secondary N) is 1. The fourth-order valence-corrected chi connectivity index (χ4v) is 2.60. The Morgan fingerprint density at radius 1 is 1.22 bits per heavy atom. The van der Waals surface area contributed by atoms with E-state index in [-0.39, 0.29) is 11.7 Å². The molecule has 0 bridgehead atoms. The number of aromatic nitrogens is 2. The number of rotatable bonds is 5. The van der Waals surface area contributed by atoms with Crippen molar-refractivity contribution in [2.24, 2.45) is 0 Å². The maximum absolute atomic E-state index is 11.9. The first kappa shape index (κ1) is 15.3. The first-order valence-corrected chi connectivity index (χ1v) is 8.07. The molecular weight excluding hydrogens is 310 g/mol. The number of amides is 1. The van der Waals surface area contributed by atoms with Gasteiger partial charge in [0.05, 0.1) is 10.8 Å². The van der Waals surface area contributed by atoms with Gasteiger partial charge in [0.25, 0.3) is 0 Å². The van der Waals surface area contributed by atoms with E-state index in [1.807, 2.05) is 49.4 Å². The van der Waals surface area contributed by atoms with Crippen LogP contribution in [0.4, 0.5) is 5.88 Å². The van der Waals surface area contributed by atoms with Gasteiger partial charge in [0.1, 0.15) is 5.69 Å². The second-order valence-electron chi connectivity index (χ2n) is 4.95. The van der Waals surface area contributed by atoms with Crippen LogP contribution in [0, 0.1) is 6.92 Å². The molecule has 1 N–H and O–H groups in total. The van der Waals surface area contributed by atoms with Crippen molar-refractivity contribution in [3.63, 3.8) is 0 Å². The first-order valence-electron chi connectivity index (χ1n) is 7.08. The lowest BCUT2D eigenvalue weighted by Gasteiger charge is -2.00. The Labute approximate surface area is 138 Å². The summed E-state index contributed by atoms with van der Waals surface area (Å²) in [6, 6.07) is 15.3. The smallest absolute Gasteiger partial charge is 0.237 e. The van der Waals surface area contributed by atoms with Crippen LogP contribution in [-0.2, 0) is 4.79 Å². The van der Waals surface area contributed by atoms with Crippen molar-refractivity contribution in [2.45, 2.75) is 11.9 Å². The van der Waals surface area contributed by atoms with Crippen molar-refractivity contribution in [3.8, 4) is 11.3 Å². The van der Waals surface area contributed by atoms with Gasteiger partial charge in [-0.2, -0.15) is 0 Å². The van der Waals surface area contributed by atoms with E-state index in [0.29, 0.717) is 11.6 Å². The first-order chi connectivity index (χ1) is 11.2. The highest BCUT2D eigenvalue weighted by Gasteiger charge is 2.10. The number of carbonyl (C=O) groups is 1. The Bertz CT molecular complexity index is 785. The topological polar surface area (TPSA) is 68.0 Å². The molecule has 0 fully saturated rings. The van der Waals surface area contributed by atoms with Crippen LogP contribution in [0.3, 0.4) is 0 Å². The molecule has 0 saturated heterocycles. The highest BCUT2D eigenvalue weighted by Crippen LogP contribution is 2.22. The van der Waals surface area contributed by atoms with Gasteiger partial charge >= 0.3 is 0 Å². The van der Waals surface area contributed by atoms with E-state index >= 15 is 0 Å². The van der Waals surface area contributed by atoms with Crippen LogP contribution >= 0.6 is 11.8 Å². The molecule has 0 unspecified atom stereocenters. The number of pyridine rings is 1. The van der Waals surface area contributed by atoms with Gasteiger partial charge in [-0.3, -0.25) is 10.1 Å². The third-order valence-corrected chi connectivity index (χ3v) is 4.05. The fourth-order valence-electron chi connectivity index (χ4n) is 1.94. The summed E-state index contributed by atoms with van der Waals surface area (Å²) < 4.78 is 5.17. The summed E-state index contributed by atoms with van der Waals surface area (Å²) in [4.78, 5) is 16.1. The molecule has 0 aliphatic heterocycles. The fraction of sp³-hybridized carbons (Fsp3) is 0.118. The molecule has 23 heavy (non-hydrogen) atoms. The van der Waals surface area contributed by atoms with Crippen molar-refractivity contribution >= 4 is 23.6 Å². The molecule has 1 amide bonds. The number of benzene rings is 1. The molecule has 2 aromatic heterocycles. The Morgan fingerprint density at radius 2 is 2.04 bits per heavy atom. The van der Waals surface area contributed by atoms with Crippen molar-refractivity contribution < 1.29 is 9.32 Å². The molecule has 2 heterocycles. The quantitative estimate of drug-likeness (QED) is 0.723. The maximum atomic E-state index is 11.9. The molecule has 1 aromatic carbocycles. The van der Waals surface area contributed by atoms with E-state index in [1.165, 1.54) is 17.3 Å². The molecule has 5 nitrogen and oxygen atoms in total. The summed E-state index contributed by atoms with van der Waals surface area (Å²) >= 11 is 1.37. The zero-order chi connectivity index (χ0) is 16.1. The molecule has 0 atom stereocenters. The zero-order valence-corrected chi connectivity index (χ0v) is 13.3. The van der Waals surface area contributed by atoms with Gasteiger partial charge in [-0.15, -0.1) is 0 Å². The van der Waals surface area contributed by atoms with Gasteiger partial charge in [0.15, 0.2) is 0 Å². The van der Waals surface area contributed by atoms with E-state index in [0.717, 1.165) is 10.6 Å². The minimum Gasteiger partial charge on any atom is -0.338 e. The van der Waals surface area contributed by atoms with Gasteiger partial charge in [-0.25, -0.2) is 4.98 Å². The van der Waals surface area contributed by atoms with Gasteiger partial charge in [-0.05, 0) is 19.1 Å². The molecule has 0 spiro atoms. The molecule has 0 aliphatic rings. The lowest BCUT2D eigenvalue weighted by Crippen LogP contribution is -2.13. The van der Waals surface area contributed by atoms with Crippen LogP contribution < -0.4 is 5.32 Å². The van der Waals surface area contributed by atoms with Crippen molar-refractivity contribution in [1.82, 2.24) is 10.1 Å². The largest absolute Gasteiger partial charge is 0.338 e. The third-order valence-electron chi connectivity index (χ3n) is 3.11. The van der Waals surface area contributed by atoms with Crippen LogP contribution in [0.15, 0.2) is 64.3 Å².